The molecule has 2 amide bonds. The van der Waals surface area contributed by atoms with E-state index in [2.05, 4.69) is 10.6 Å². The van der Waals surface area contributed by atoms with E-state index in [1.165, 1.54) is 32.1 Å². The van der Waals surface area contributed by atoms with Gasteiger partial charge in [-0.25, -0.2) is 0 Å². The van der Waals surface area contributed by atoms with Gasteiger partial charge < -0.3 is 15.7 Å². The van der Waals surface area contributed by atoms with Crippen molar-refractivity contribution in [3.63, 3.8) is 0 Å². The highest BCUT2D eigenvalue weighted by molar-refractivity contribution is 5.97. The molecule has 1 fully saturated rings. The van der Waals surface area contributed by atoms with E-state index in [1.807, 2.05) is 0 Å². The summed E-state index contributed by atoms with van der Waals surface area (Å²) in [7, 11) is 0. The lowest BCUT2D eigenvalue weighted by Crippen LogP contribution is -2.29. The van der Waals surface area contributed by atoms with E-state index in [1.54, 1.807) is 24.3 Å². The van der Waals surface area contributed by atoms with Crippen molar-refractivity contribution in [1.82, 2.24) is 5.32 Å². The number of benzene rings is 1. The van der Waals surface area contributed by atoms with Crippen LogP contribution in [0.25, 0.3) is 0 Å². The lowest BCUT2D eigenvalue weighted by Gasteiger charge is -2.21. The molecule has 0 aromatic heterocycles. The van der Waals surface area contributed by atoms with Gasteiger partial charge in [-0.1, -0.05) is 32.1 Å². The van der Waals surface area contributed by atoms with Crippen molar-refractivity contribution in [3.8, 4) is 0 Å². The van der Waals surface area contributed by atoms with Crippen LogP contribution in [0.2, 0.25) is 0 Å². The third-order valence-corrected chi connectivity index (χ3v) is 4.34. The second-order valence-electron chi connectivity index (χ2n) is 6.24. The van der Waals surface area contributed by atoms with E-state index in [-0.39, 0.29) is 5.91 Å². The summed E-state index contributed by atoms with van der Waals surface area (Å²) in [5.74, 6) is -0.883. The summed E-state index contributed by atoms with van der Waals surface area (Å²) in [6, 6.07) is 6.42. The maximum atomic E-state index is 12.0. The van der Waals surface area contributed by atoms with Gasteiger partial charge in [0, 0.05) is 17.7 Å². The fourth-order valence-corrected chi connectivity index (χ4v) is 3.00. The molecular formula is C18H24N2O4. The van der Waals surface area contributed by atoms with E-state index in [4.69, 9.17) is 5.11 Å². The Labute approximate surface area is 141 Å². The first-order chi connectivity index (χ1) is 11.5. The Kier molecular flexibility index (Phi) is 6.78. The first kappa shape index (κ1) is 18.0. The molecule has 1 saturated carbocycles. The standard InChI is InChI=1S/C18H24N2O4/c21-16(11-6-13-4-2-1-3-5-13)20-15-9-7-14(8-10-15)18(24)19-12-17(22)23/h7-10,13H,1-6,11-12H2,(H,19,24)(H,20,21)(H,22,23). The minimum Gasteiger partial charge on any atom is -0.480 e. The smallest absolute Gasteiger partial charge is 0.322 e. The van der Waals surface area contributed by atoms with E-state index < -0.39 is 18.4 Å². The Morgan fingerprint density at radius 1 is 1.04 bits per heavy atom. The van der Waals surface area contributed by atoms with Crippen LogP contribution in [0.5, 0.6) is 0 Å². The lowest BCUT2D eigenvalue weighted by molar-refractivity contribution is -0.135. The van der Waals surface area contributed by atoms with Gasteiger partial charge in [-0.2, -0.15) is 0 Å². The molecule has 2 rings (SSSR count). The zero-order valence-corrected chi connectivity index (χ0v) is 13.7. The average molecular weight is 332 g/mol. The summed E-state index contributed by atoms with van der Waals surface area (Å²) < 4.78 is 0. The van der Waals surface area contributed by atoms with Gasteiger partial charge in [-0.05, 0) is 36.6 Å². The van der Waals surface area contributed by atoms with E-state index in [9.17, 15) is 14.4 Å². The quantitative estimate of drug-likeness (QED) is 0.715. The van der Waals surface area contributed by atoms with Gasteiger partial charge >= 0.3 is 5.97 Å². The van der Waals surface area contributed by atoms with E-state index in [0.717, 1.165) is 6.42 Å². The van der Waals surface area contributed by atoms with Crippen LogP contribution in [0, 0.1) is 5.92 Å². The summed E-state index contributed by atoms with van der Waals surface area (Å²) in [6.45, 7) is -0.418. The van der Waals surface area contributed by atoms with Crippen molar-refractivity contribution in [2.45, 2.75) is 44.9 Å². The zero-order valence-electron chi connectivity index (χ0n) is 13.7. The molecule has 0 saturated heterocycles. The van der Waals surface area contributed by atoms with Crippen LogP contribution >= 0.6 is 0 Å². The largest absolute Gasteiger partial charge is 0.480 e. The Hall–Kier alpha value is -2.37. The third kappa shape index (κ3) is 6.02. The van der Waals surface area contributed by atoms with Gasteiger partial charge in [0.1, 0.15) is 6.54 Å². The van der Waals surface area contributed by atoms with Gasteiger partial charge in [-0.15, -0.1) is 0 Å². The van der Waals surface area contributed by atoms with Crippen LogP contribution in [-0.4, -0.2) is 29.4 Å². The highest BCUT2D eigenvalue weighted by Gasteiger charge is 2.15. The molecule has 0 atom stereocenters. The molecule has 6 nitrogen and oxygen atoms in total. The third-order valence-electron chi connectivity index (χ3n) is 4.34. The number of aliphatic carboxylic acids is 1. The number of carboxylic acid groups (broad SMARTS) is 1. The summed E-state index contributed by atoms with van der Waals surface area (Å²) >= 11 is 0. The Balaban J connectivity index is 1.76. The molecule has 0 spiro atoms. The van der Waals surface area contributed by atoms with Crippen molar-refractivity contribution in [2.24, 2.45) is 5.92 Å². The highest BCUT2D eigenvalue weighted by atomic mass is 16.4. The fourth-order valence-electron chi connectivity index (χ4n) is 3.00. The zero-order chi connectivity index (χ0) is 17.4. The van der Waals surface area contributed by atoms with Crippen LogP contribution in [0.3, 0.4) is 0 Å². The molecule has 1 aliphatic carbocycles. The maximum Gasteiger partial charge on any atom is 0.322 e. The van der Waals surface area contributed by atoms with Gasteiger partial charge in [0.15, 0.2) is 0 Å². The van der Waals surface area contributed by atoms with Gasteiger partial charge in [0.05, 0.1) is 0 Å². The van der Waals surface area contributed by atoms with Crippen LogP contribution in [-0.2, 0) is 9.59 Å². The molecule has 0 aliphatic heterocycles. The molecule has 1 aromatic rings. The number of amides is 2. The van der Waals surface area contributed by atoms with Crippen molar-refractivity contribution >= 4 is 23.5 Å². The number of hydrogen-bond acceptors (Lipinski definition) is 3. The van der Waals surface area contributed by atoms with Crippen LogP contribution in [0.15, 0.2) is 24.3 Å². The lowest BCUT2D eigenvalue weighted by atomic mass is 9.86. The number of rotatable bonds is 7. The average Bonchev–Trinajstić information content (AvgIpc) is 2.59. The Bertz CT molecular complexity index is 577. The second-order valence-corrected chi connectivity index (χ2v) is 6.24. The number of carbonyl (C=O) groups excluding carboxylic acids is 2. The molecule has 0 heterocycles. The van der Waals surface area contributed by atoms with Crippen molar-refractivity contribution in [3.05, 3.63) is 29.8 Å². The molecule has 6 heteroatoms. The van der Waals surface area contributed by atoms with Crippen LogP contribution < -0.4 is 10.6 Å². The molecule has 3 N–H and O–H groups in total. The molecule has 0 radical (unpaired) electrons. The molecule has 24 heavy (non-hydrogen) atoms. The molecule has 0 bridgehead atoms. The predicted molar refractivity (Wildman–Crippen MR) is 90.8 cm³/mol. The van der Waals surface area contributed by atoms with Gasteiger partial charge in [0.2, 0.25) is 5.91 Å². The summed E-state index contributed by atoms with van der Waals surface area (Å²) in [5, 5.41) is 13.7. The van der Waals surface area contributed by atoms with Crippen LogP contribution in [0.4, 0.5) is 5.69 Å². The topological polar surface area (TPSA) is 95.5 Å². The number of hydrogen-bond donors (Lipinski definition) is 3. The minimum absolute atomic E-state index is 0.0105. The van der Waals surface area contributed by atoms with Gasteiger partial charge in [-0.3, -0.25) is 14.4 Å². The van der Waals surface area contributed by atoms with E-state index >= 15 is 0 Å². The molecule has 1 aromatic carbocycles. The van der Waals surface area contributed by atoms with Crippen molar-refractivity contribution < 1.29 is 19.5 Å². The first-order valence-electron chi connectivity index (χ1n) is 8.44. The van der Waals surface area contributed by atoms with E-state index in [0.29, 0.717) is 23.6 Å². The molecular weight excluding hydrogens is 308 g/mol. The Morgan fingerprint density at radius 3 is 2.33 bits per heavy atom. The minimum atomic E-state index is -1.09. The normalized spacial score (nSPS) is 14.8. The van der Waals surface area contributed by atoms with Crippen LogP contribution in [0.1, 0.15) is 55.3 Å². The number of nitrogens with one attached hydrogen (secondary N) is 2. The number of carbonyl (C=O) groups is 3. The summed E-state index contributed by atoms with van der Waals surface area (Å²) in [6.07, 6.45) is 7.78. The number of anilines is 1. The maximum absolute atomic E-state index is 12.0. The van der Waals surface area contributed by atoms with Crippen molar-refractivity contribution in [2.75, 3.05) is 11.9 Å². The summed E-state index contributed by atoms with van der Waals surface area (Å²) in [4.78, 5) is 34.1. The second kappa shape index (κ2) is 9.05. The molecule has 0 unspecified atom stereocenters. The monoisotopic (exact) mass is 332 g/mol. The molecule has 130 valence electrons. The van der Waals surface area contributed by atoms with Crippen molar-refractivity contribution in [1.29, 1.82) is 0 Å². The predicted octanol–water partition coefficient (Wildman–Crippen LogP) is 2.80. The Morgan fingerprint density at radius 2 is 1.71 bits per heavy atom. The highest BCUT2D eigenvalue weighted by Crippen LogP contribution is 2.27. The SMILES string of the molecule is O=C(O)CNC(=O)c1ccc(NC(=O)CCC2CCCCC2)cc1. The first-order valence-corrected chi connectivity index (χ1v) is 8.44. The van der Waals surface area contributed by atoms with Gasteiger partial charge in [0.25, 0.3) is 5.91 Å². The molecule has 1 aliphatic rings. The number of carboxylic acids is 1. The summed E-state index contributed by atoms with van der Waals surface area (Å²) in [5.41, 5.74) is 0.995. The fraction of sp³-hybridized carbons (Fsp3) is 0.500.